The van der Waals surface area contributed by atoms with Crippen molar-refractivity contribution in [2.24, 2.45) is 5.41 Å². The molecule has 0 bridgehead atoms. The van der Waals surface area contributed by atoms with E-state index in [1.165, 1.54) is 0 Å². The molecule has 0 amide bonds. The molecule has 2 heteroatoms. The Morgan fingerprint density at radius 1 is 1.50 bits per heavy atom. The lowest BCUT2D eigenvalue weighted by Gasteiger charge is -2.30. The standard InChI is InChI=1S/C14H18O2/c1-4-10-8-13(16)14(3)11(10)6-5-9(2)7-12(14)15/h5-6,8,12,15H,4,7H2,1-3H3/t12-,14+/m0/s1. The summed E-state index contributed by atoms with van der Waals surface area (Å²) in [5.41, 5.74) is 2.47. The van der Waals surface area contributed by atoms with Gasteiger partial charge in [0, 0.05) is 0 Å². The highest BCUT2D eigenvalue weighted by molar-refractivity contribution is 6.03. The first-order chi connectivity index (χ1) is 7.50. The number of aliphatic hydroxyl groups excluding tert-OH is 1. The molecule has 0 spiro atoms. The van der Waals surface area contributed by atoms with Gasteiger partial charge in [0.05, 0.1) is 11.5 Å². The van der Waals surface area contributed by atoms with Crippen molar-refractivity contribution in [3.8, 4) is 0 Å². The Hall–Kier alpha value is -1.15. The molecule has 0 aromatic rings. The Kier molecular flexibility index (Phi) is 2.62. The number of fused-ring (bicyclic) bond motifs is 1. The summed E-state index contributed by atoms with van der Waals surface area (Å²) in [5.74, 6) is 0.0474. The number of carbonyl (C=O) groups is 1. The molecule has 0 aliphatic heterocycles. The fraction of sp³-hybridized carbons (Fsp3) is 0.500. The average molecular weight is 218 g/mol. The van der Waals surface area contributed by atoms with E-state index in [4.69, 9.17) is 0 Å². The molecule has 0 unspecified atom stereocenters. The number of ketones is 1. The average Bonchev–Trinajstić information content (AvgIpc) is 2.42. The number of aliphatic hydroxyl groups is 1. The van der Waals surface area contributed by atoms with Gasteiger partial charge in [-0.25, -0.2) is 0 Å². The van der Waals surface area contributed by atoms with Crippen molar-refractivity contribution < 1.29 is 9.90 Å². The Balaban J connectivity index is 2.54. The van der Waals surface area contributed by atoms with Crippen LogP contribution in [0.2, 0.25) is 0 Å². The first-order valence-electron chi connectivity index (χ1n) is 5.81. The molecule has 0 saturated carbocycles. The summed E-state index contributed by atoms with van der Waals surface area (Å²) >= 11 is 0. The van der Waals surface area contributed by atoms with E-state index in [1.54, 1.807) is 6.08 Å². The summed E-state index contributed by atoms with van der Waals surface area (Å²) in [6.07, 6.45) is 6.53. The van der Waals surface area contributed by atoms with Crippen LogP contribution >= 0.6 is 0 Å². The number of carbonyl (C=O) groups excluding carboxylic acids is 1. The number of allylic oxidation sites excluding steroid dienone is 4. The summed E-state index contributed by atoms with van der Waals surface area (Å²) in [4.78, 5) is 12.1. The molecule has 1 N–H and O–H groups in total. The minimum Gasteiger partial charge on any atom is -0.391 e. The lowest BCUT2D eigenvalue weighted by Crippen LogP contribution is -2.37. The van der Waals surface area contributed by atoms with Crippen molar-refractivity contribution in [2.75, 3.05) is 0 Å². The van der Waals surface area contributed by atoms with Crippen LogP contribution in [0.4, 0.5) is 0 Å². The third kappa shape index (κ3) is 1.40. The van der Waals surface area contributed by atoms with Crippen LogP contribution < -0.4 is 0 Å². The van der Waals surface area contributed by atoms with Crippen LogP contribution in [-0.4, -0.2) is 17.0 Å². The van der Waals surface area contributed by atoms with Crippen LogP contribution in [0.5, 0.6) is 0 Å². The van der Waals surface area contributed by atoms with E-state index in [0.29, 0.717) is 6.42 Å². The third-order valence-corrected chi connectivity index (χ3v) is 3.82. The summed E-state index contributed by atoms with van der Waals surface area (Å²) in [5, 5.41) is 10.2. The Morgan fingerprint density at radius 3 is 2.81 bits per heavy atom. The van der Waals surface area contributed by atoms with E-state index in [2.05, 4.69) is 0 Å². The minimum absolute atomic E-state index is 0.0474. The summed E-state index contributed by atoms with van der Waals surface area (Å²) in [6, 6.07) is 0. The fourth-order valence-electron chi connectivity index (χ4n) is 2.57. The molecule has 86 valence electrons. The van der Waals surface area contributed by atoms with Gasteiger partial charge in [0.15, 0.2) is 5.78 Å². The first kappa shape index (κ1) is 11.3. The third-order valence-electron chi connectivity index (χ3n) is 3.82. The van der Waals surface area contributed by atoms with Gasteiger partial charge >= 0.3 is 0 Å². The van der Waals surface area contributed by atoms with E-state index in [9.17, 15) is 9.90 Å². The lowest BCUT2D eigenvalue weighted by atomic mass is 9.75. The van der Waals surface area contributed by atoms with Crippen LogP contribution in [0.1, 0.15) is 33.6 Å². The molecule has 0 aromatic heterocycles. The molecule has 2 atom stereocenters. The van der Waals surface area contributed by atoms with Gasteiger partial charge in [-0.05, 0) is 43.9 Å². The van der Waals surface area contributed by atoms with Crippen LogP contribution in [0.15, 0.2) is 34.9 Å². The topological polar surface area (TPSA) is 37.3 Å². The normalized spacial score (nSPS) is 33.9. The predicted octanol–water partition coefficient (Wildman–Crippen LogP) is 2.55. The van der Waals surface area contributed by atoms with Crippen molar-refractivity contribution in [3.63, 3.8) is 0 Å². The van der Waals surface area contributed by atoms with Crippen molar-refractivity contribution in [1.29, 1.82) is 0 Å². The Bertz CT molecular complexity index is 426. The number of rotatable bonds is 1. The maximum Gasteiger partial charge on any atom is 0.168 e. The highest BCUT2D eigenvalue weighted by Gasteiger charge is 2.47. The van der Waals surface area contributed by atoms with Crippen molar-refractivity contribution in [1.82, 2.24) is 0 Å². The van der Waals surface area contributed by atoms with E-state index < -0.39 is 11.5 Å². The molecular weight excluding hydrogens is 200 g/mol. The maximum absolute atomic E-state index is 12.1. The van der Waals surface area contributed by atoms with Crippen LogP contribution in [0, 0.1) is 5.41 Å². The SMILES string of the molecule is CCC1=CC(=O)[C@]2(C)C1=CC=C(C)C[C@@H]2O. The van der Waals surface area contributed by atoms with Crippen molar-refractivity contribution in [3.05, 3.63) is 34.9 Å². The first-order valence-corrected chi connectivity index (χ1v) is 5.81. The van der Waals surface area contributed by atoms with Crippen molar-refractivity contribution in [2.45, 2.75) is 39.7 Å². The molecule has 2 aliphatic rings. The maximum atomic E-state index is 12.1. The van der Waals surface area contributed by atoms with Crippen LogP contribution in [-0.2, 0) is 4.79 Å². The molecule has 0 fully saturated rings. The smallest absolute Gasteiger partial charge is 0.168 e. The van der Waals surface area contributed by atoms with Gasteiger partial charge in [0.25, 0.3) is 0 Å². The van der Waals surface area contributed by atoms with Gasteiger partial charge in [-0.3, -0.25) is 4.79 Å². The van der Waals surface area contributed by atoms with Crippen molar-refractivity contribution >= 4 is 5.78 Å². The monoisotopic (exact) mass is 218 g/mol. The second-order valence-electron chi connectivity index (χ2n) is 4.90. The fourth-order valence-corrected chi connectivity index (χ4v) is 2.57. The second kappa shape index (κ2) is 3.70. The molecule has 0 aromatic carbocycles. The van der Waals surface area contributed by atoms with E-state index >= 15 is 0 Å². The van der Waals surface area contributed by atoms with Crippen LogP contribution in [0.3, 0.4) is 0 Å². The van der Waals surface area contributed by atoms with Gasteiger partial charge in [-0.1, -0.05) is 24.6 Å². The van der Waals surface area contributed by atoms with Gasteiger partial charge < -0.3 is 5.11 Å². The molecule has 0 radical (unpaired) electrons. The molecular formula is C14H18O2. The summed E-state index contributed by atoms with van der Waals surface area (Å²) in [6.45, 7) is 5.89. The zero-order valence-electron chi connectivity index (χ0n) is 10.1. The zero-order valence-corrected chi connectivity index (χ0v) is 10.1. The molecule has 2 nitrogen and oxygen atoms in total. The molecule has 0 heterocycles. The Labute approximate surface area is 96.4 Å². The van der Waals surface area contributed by atoms with E-state index in [0.717, 1.165) is 23.1 Å². The van der Waals surface area contributed by atoms with Gasteiger partial charge in [0.1, 0.15) is 0 Å². The van der Waals surface area contributed by atoms with E-state index in [-0.39, 0.29) is 5.78 Å². The Morgan fingerprint density at radius 2 is 2.19 bits per heavy atom. The predicted molar refractivity (Wildman–Crippen MR) is 64.0 cm³/mol. The van der Waals surface area contributed by atoms with E-state index in [1.807, 2.05) is 32.9 Å². The highest BCUT2D eigenvalue weighted by Crippen LogP contribution is 2.46. The molecule has 2 aliphatic carbocycles. The summed E-state index contributed by atoms with van der Waals surface area (Å²) < 4.78 is 0. The second-order valence-corrected chi connectivity index (χ2v) is 4.90. The molecule has 0 saturated heterocycles. The lowest BCUT2D eigenvalue weighted by molar-refractivity contribution is -0.125. The highest BCUT2D eigenvalue weighted by atomic mass is 16.3. The quantitative estimate of drug-likeness (QED) is 0.734. The van der Waals surface area contributed by atoms with Gasteiger partial charge in [-0.2, -0.15) is 0 Å². The molecule has 16 heavy (non-hydrogen) atoms. The summed E-state index contributed by atoms with van der Waals surface area (Å²) in [7, 11) is 0. The number of hydrogen-bond donors (Lipinski definition) is 1. The number of hydrogen-bond acceptors (Lipinski definition) is 2. The largest absolute Gasteiger partial charge is 0.391 e. The zero-order chi connectivity index (χ0) is 11.9. The van der Waals surface area contributed by atoms with Gasteiger partial charge in [0.2, 0.25) is 0 Å². The van der Waals surface area contributed by atoms with Crippen LogP contribution in [0.25, 0.3) is 0 Å². The van der Waals surface area contributed by atoms with Gasteiger partial charge in [-0.15, -0.1) is 0 Å². The molecule has 2 rings (SSSR count). The minimum atomic E-state index is -0.723.